The van der Waals surface area contributed by atoms with Gasteiger partial charge in [-0.15, -0.1) is 0 Å². The van der Waals surface area contributed by atoms with Crippen molar-refractivity contribution in [2.45, 2.75) is 17.9 Å². The Labute approximate surface area is 124 Å². The lowest BCUT2D eigenvalue weighted by Crippen LogP contribution is -2.50. The molecule has 1 fully saturated rings. The maximum Gasteiger partial charge on any atom is 0.330 e. The van der Waals surface area contributed by atoms with Crippen LogP contribution in [-0.4, -0.2) is 53.1 Å². The number of benzene rings is 1. The van der Waals surface area contributed by atoms with E-state index in [4.69, 9.17) is 9.47 Å². The third-order valence-corrected chi connectivity index (χ3v) is 5.26. The average molecular weight is 313 g/mol. The highest BCUT2D eigenvalue weighted by atomic mass is 32.2. The van der Waals surface area contributed by atoms with Gasteiger partial charge < -0.3 is 14.4 Å². The number of sulfone groups is 1. The second kappa shape index (κ2) is 6.44. The minimum atomic E-state index is -3.22. The molecular formula is C14H19NO5S. The van der Waals surface area contributed by atoms with Crippen LogP contribution in [0, 0.1) is 0 Å². The number of rotatable bonds is 4. The number of anilines is 1. The zero-order chi connectivity index (χ0) is 15.5. The summed E-state index contributed by atoms with van der Waals surface area (Å²) in [6.07, 6.45) is 0. The third kappa shape index (κ3) is 3.36. The van der Waals surface area contributed by atoms with Crippen LogP contribution < -0.4 is 4.90 Å². The molecule has 0 amide bonds. The van der Waals surface area contributed by atoms with E-state index in [1.54, 1.807) is 31.2 Å². The highest BCUT2D eigenvalue weighted by Gasteiger charge is 2.30. The molecule has 1 aromatic rings. The van der Waals surface area contributed by atoms with Crippen LogP contribution in [0.5, 0.6) is 0 Å². The van der Waals surface area contributed by atoms with Crippen LogP contribution in [0.25, 0.3) is 0 Å². The highest BCUT2D eigenvalue weighted by molar-refractivity contribution is 7.91. The van der Waals surface area contributed by atoms with E-state index in [0.29, 0.717) is 13.2 Å². The largest absolute Gasteiger partial charge is 0.467 e. The molecule has 1 aliphatic rings. The Bertz CT molecular complexity index is 596. The number of carbonyl (C=O) groups excluding carboxylic acids is 1. The molecule has 1 aromatic carbocycles. The van der Waals surface area contributed by atoms with Crippen LogP contribution in [-0.2, 0) is 24.1 Å². The van der Waals surface area contributed by atoms with Gasteiger partial charge in [0.25, 0.3) is 0 Å². The third-order valence-electron chi connectivity index (χ3n) is 3.51. The Morgan fingerprint density at radius 1 is 1.38 bits per heavy atom. The summed E-state index contributed by atoms with van der Waals surface area (Å²) < 4.78 is 33.7. The standard InChI is InChI=1S/C14H19NO5S/c1-3-21(17,18)12-6-4-11(5-7-12)15-8-9-20-10-13(15)14(16)19-2/h4-7,13H,3,8-10H2,1-2H3. The van der Waals surface area contributed by atoms with Crippen molar-refractivity contribution in [2.75, 3.05) is 37.5 Å². The van der Waals surface area contributed by atoms with Gasteiger partial charge >= 0.3 is 5.97 Å². The Hall–Kier alpha value is -1.60. The predicted molar refractivity (Wildman–Crippen MR) is 78.1 cm³/mol. The number of nitrogens with zero attached hydrogens (tertiary/aromatic N) is 1. The summed E-state index contributed by atoms with van der Waals surface area (Å²) in [7, 11) is -1.88. The van der Waals surface area contributed by atoms with Crippen molar-refractivity contribution in [1.29, 1.82) is 0 Å². The molecule has 0 aromatic heterocycles. The molecule has 1 heterocycles. The number of hydrogen-bond donors (Lipinski definition) is 0. The SMILES string of the molecule is CCS(=O)(=O)c1ccc(N2CCOCC2C(=O)OC)cc1. The number of morpholine rings is 1. The lowest BCUT2D eigenvalue weighted by molar-refractivity contribution is -0.144. The van der Waals surface area contributed by atoms with Gasteiger partial charge in [-0.3, -0.25) is 0 Å². The molecule has 0 N–H and O–H groups in total. The first kappa shape index (κ1) is 15.8. The van der Waals surface area contributed by atoms with E-state index in [-0.39, 0.29) is 23.2 Å². The maximum absolute atomic E-state index is 11.8. The van der Waals surface area contributed by atoms with Crippen LogP contribution in [0.2, 0.25) is 0 Å². The van der Waals surface area contributed by atoms with Crippen LogP contribution in [0.4, 0.5) is 5.69 Å². The van der Waals surface area contributed by atoms with Gasteiger partial charge in [-0.1, -0.05) is 6.92 Å². The highest BCUT2D eigenvalue weighted by Crippen LogP contribution is 2.23. The van der Waals surface area contributed by atoms with E-state index >= 15 is 0 Å². The van der Waals surface area contributed by atoms with Gasteiger partial charge in [-0.25, -0.2) is 13.2 Å². The minimum absolute atomic E-state index is 0.0642. The monoisotopic (exact) mass is 313 g/mol. The molecule has 0 bridgehead atoms. The summed E-state index contributed by atoms with van der Waals surface area (Å²) in [4.78, 5) is 13.9. The van der Waals surface area contributed by atoms with E-state index in [0.717, 1.165) is 5.69 Å². The van der Waals surface area contributed by atoms with Crippen molar-refractivity contribution < 1.29 is 22.7 Å². The van der Waals surface area contributed by atoms with Crippen LogP contribution >= 0.6 is 0 Å². The van der Waals surface area contributed by atoms with Gasteiger partial charge in [-0.05, 0) is 24.3 Å². The van der Waals surface area contributed by atoms with Crippen molar-refractivity contribution in [1.82, 2.24) is 0 Å². The second-order valence-corrected chi connectivity index (χ2v) is 6.98. The first-order valence-electron chi connectivity index (χ1n) is 6.74. The minimum Gasteiger partial charge on any atom is -0.467 e. The summed E-state index contributed by atoms with van der Waals surface area (Å²) in [6, 6.07) is 6.06. The Balaban J connectivity index is 2.26. The van der Waals surface area contributed by atoms with Crippen LogP contribution in [0.3, 0.4) is 0 Å². The molecule has 116 valence electrons. The zero-order valence-corrected chi connectivity index (χ0v) is 12.9. The van der Waals surface area contributed by atoms with Crippen molar-refractivity contribution in [2.24, 2.45) is 0 Å². The van der Waals surface area contributed by atoms with Gasteiger partial charge in [0.2, 0.25) is 0 Å². The smallest absolute Gasteiger partial charge is 0.330 e. The van der Waals surface area contributed by atoms with Gasteiger partial charge in [0.05, 0.1) is 31.0 Å². The summed E-state index contributed by atoms with van der Waals surface area (Å²) in [6.45, 7) is 2.95. The summed E-state index contributed by atoms with van der Waals surface area (Å²) in [5.41, 5.74) is 0.781. The van der Waals surface area contributed by atoms with Gasteiger partial charge in [0, 0.05) is 12.2 Å². The van der Waals surface area contributed by atoms with E-state index in [1.165, 1.54) is 7.11 Å². The van der Waals surface area contributed by atoms with Crippen molar-refractivity contribution in [3.05, 3.63) is 24.3 Å². The van der Waals surface area contributed by atoms with E-state index in [2.05, 4.69) is 0 Å². The summed E-state index contributed by atoms with van der Waals surface area (Å²) in [5, 5.41) is 0. The number of esters is 1. The number of methoxy groups -OCH3 is 1. The molecule has 6 nitrogen and oxygen atoms in total. The topological polar surface area (TPSA) is 72.9 Å². The number of hydrogen-bond acceptors (Lipinski definition) is 6. The fraction of sp³-hybridized carbons (Fsp3) is 0.500. The molecule has 1 aliphatic heterocycles. The molecule has 2 rings (SSSR count). The molecule has 0 saturated carbocycles. The molecule has 7 heteroatoms. The fourth-order valence-corrected chi connectivity index (χ4v) is 3.14. The molecule has 1 atom stereocenters. The quantitative estimate of drug-likeness (QED) is 0.768. The van der Waals surface area contributed by atoms with Crippen molar-refractivity contribution in [3.63, 3.8) is 0 Å². The number of carbonyl (C=O) groups is 1. The van der Waals surface area contributed by atoms with Crippen molar-refractivity contribution >= 4 is 21.5 Å². The fourth-order valence-electron chi connectivity index (χ4n) is 2.26. The molecule has 0 radical (unpaired) electrons. The first-order valence-corrected chi connectivity index (χ1v) is 8.40. The van der Waals surface area contributed by atoms with Crippen LogP contribution in [0.1, 0.15) is 6.92 Å². The van der Waals surface area contributed by atoms with Gasteiger partial charge in [-0.2, -0.15) is 0 Å². The summed E-state index contributed by atoms with van der Waals surface area (Å²) >= 11 is 0. The Morgan fingerprint density at radius 2 is 2.05 bits per heavy atom. The van der Waals surface area contributed by atoms with E-state index < -0.39 is 15.9 Å². The van der Waals surface area contributed by atoms with Gasteiger partial charge in [0.1, 0.15) is 0 Å². The molecule has 1 saturated heterocycles. The lowest BCUT2D eigenvalue weighted by Gasteiger charge is -2.35. The van der Waals surface area contributed by atoms with E-state index in [9.17, 15) is 13.2 Å². The van der Waals surface area contributed by atoms with Crippen molar-refractivity contribution in [3.8, 4) is 0 Å². The molecule has 21 heavy (non-hydrogen) atoms. The Kier molecular flexibility index (Phi) is 4.84. The lowest BCUT2D eigenvalue weighted by atomic mass is 10.2. The summed E-state index contributed by atoms with van der Waals surface area (Å²) in [5.74, 6) is -0.297. The predicted octanol–water partition coefficient (Wildman–Crippen LogP) is 0.858. The van der Waals surface area contributed by atoms with Gasteiger partial charge in [0.15, 0.2) is 15.9 Å². The zero-order valence-electron chi connectivity index (χ0n) is 12.1. The first-order chi connectivity index (χ1) is 9.99. The maximum atomic E-state index is 11.8. The number of ether oxygens (including phenoxy) is 2. The Morgan fingerprint density at radius 3 is 2.62 bits per heavy atom. The molecule has 0 spiro atoms. The molecule has 0 aliphatic carbocycles. The average Bonchev–Trinajstić information content (AvgIpc) is 2.54. The normalized spacial score (nSPS) is 19.3. The van der Waals surface area contributed by atoms with E-state index in [1.807, 2.05) is 4.90 Å². The molecular weight excluding hydrogens is 294 g/mol. The second-order valence-electron chi connectivity index (χ2n) is 4.70. The molecule has 1 unspecified atom stereocenters. The van der Waals surface area contributed by atoms with Crippen LogP contribution in [0.15, 0.2) is 29.2 Å².